The normalized spacial score (nSPS) is 10.4. The summed E-state index contributed by atoms with van der Waals surface area (Å²) in [4.78, 5) is 23.8. The molecule has 0 unspecified atom stereocenters. The molecule has 0 saturated carbocycles. The van der Waals surface area contributed by atoms with Crippen LogP contribution in [0.5, 0.6) is 17.2 Å². The number of methoxy groups -OCH3 is 2. The molecule has 0 aliphatic heterocycles. The smallest absolute Gasteiger partial charge is 0.263 e. The van der Waals surface area contributed by atoms with E-state index >= 15 is 0 Å². The molecule has 8 heteroatoms. The van der Waals surface area contributed by atoms with E-state index in [9.17, 15) is 9.59 Å². The van der Waals surface area contributed by atoms with Crippen molar-refractivity contribution in [2.75, 3.05) is 26.1 Å². The average molecular weight is 409 g/mol. The van der Waals surface area contributed by atoms with Crippen LogP contribution in [-0.2, 0) is 11.3 Å². The lowest BCUT2D eigenvalue weighted by atomic mass is 10.1. The number of carbonyl (C=O) groups excluding carboxylic acids is 2. The fourth-order valence-corrected chi connectivity index (χ4v) is 2.94. The van der Waals surface area contributed by atoms with Crippen molar-refractivity contribution in [2.45, 2.75) is 13.5 Å². The number of hydrogen-bond donors (Lipinski definition) is 1. The second-order valence-corrected chi connectivity index (χ2v) is 6.45. The molecule has 0 radical (unpaired) electrons. The number of ketones is 1. The van der Waals surface area contributed by atoms with Crippen LogP contribution in [0.25, 0.3) is 0 Å². The Morgan fingerprint density at radius 2 is 1.87 bits per heavy atom. The molecule has 156 valence electrons. The summed E-state index contributed by atoms with van der Waals surface area (Å²) in [5.74, 6) is 1.79. The molecule has 0 fully saturated rings. The third kappa shape index (κ3) is 4.96. The molecule has 2 aromatic carbocycles. The molecule has 0 atom stereocenters. The van der Waals surface area contributed by atoms with Gasteiger partial charge in [0.15, 0.2) is 23.9 Å². The van der Waals surface area contributed by atoms with E-state index < -0.39 is 0 Å². The topological polar surface area (TPSA) is 91.7 Å². The average Bonchev–Trinajstić information content (AvgIpc) is 3.18. The fourth-order valence-electron chi connectivity index (χ4n) is 2.94. The number of para-hydroxylation sites is 1. The molecule has 3 aromatic rings. The highest BCUT2D eigenvalue weighted by Gasteiger charge is 2.13. The summed E-state index contributed by atoms with van der Waals surface area (Å²) in [6, 6.07) is 14.0. The second kappa shape index (κ2) is 9.60. The van der Waals surface area contributed by atoms with Gasteiger partial charge in [-0.05, 0) is 25.1 Å². The van der Waals surface area contributed by atoms with Crippen molar-refractivity contribution >= 4 is 17.5 Å². The standard InChI is InChI=1S/C22H23N3O5/c1-15(26)16-6-4-8-18(12-16)30-14-21(27)24-20-10-11-23-25(20)13-17-7-5-9-19(28-2)22(17)29-3/h4-12H,13-14H2,1-3H3,(H,24,27). The second-order valence-electron chi connectivity index (χ2n) is 6.45. The van der Waals surface area contributed by atoms with Gasteiger partial charge in [-0.15, -0.1) is 0 Å². The van der Waals surface area contributed by atoms with Crippen molar-refractivity contribution < 1.29 is 23.8 Å². The van der Waals surface area contributed by atoms with Crippen LogP contribution < -0.4 is 19.5 Å². The molecule has 3 rings (SSSR count). The van der Waals surface area contributed by atoms with Gasteiger partial charge in [0, 0.05) is 17.2 Å². The van der Waals surface area contributed by atoms with E-state index in [1.807, 2.05) is 18.2 Å². The molecule has 0 spiro atoms. The van der Waals surface area contributed by atoms with Crippen LogP contribution in [-0.4, -0.2) is 42.3 Å². The Kier molecular flexibility index (Phi) is 6.69. The van der Waals surface area contributed by atoms with Crippen LogP contribution in [0.1, 0.15) is 22.8 Å². The zero-order chi connectivity index (χ0) is 21.5. The molecule has 1 heterocycles. The number of aromatic nitrogens is 2. The van der Waals surface area contributed by atoms with Gasteiger partial charge in [-0.25, -0.2) is 4.68 Å². The van der Waals surface area contributed by atoms with E-state index in [2.05, 4.69) is 10.4 Å². The summed E-state index contributed by atoms with van der Waals surface area (Å²) >= 11 is 0. The van der Waals surface area contributed by atoms with Gasteiger partial charge in [-0.3, -0.25) is 9.59 Å². The molecule has 1 aromatic heterocycles. The monoisotopic (exact) mass is 409 g/mol. The predicted molar refractivity (Wildman–Crippen MR) is 111 cm³/mol. The van der Waals surface area contributed by atoms with Crippen molar-refractivity contribution in [3.63, 3.8) is 0 Å². The molecule has 1 amide bonds. The quantitative estimate of drug-likeness (QED) is 0.546. The van der Waals surface area contributed by atoms with Crippen LogP contribution in [0, 0.1) is 0 Å². The van der Waals surface area contributed by atoms with Gasteiger partial charge < -0.3 is 19.5 Å². The zero-order valence-corrected chi connectivity index (χ0v) is 17.0. The first-order valence-electron chi connectivity index (χ1n) is 9.27. The number of ether oxygens (including phenoxy) is 3. The lowest BCUT2D eigenvalue weighted by Crippen LogP contribution is -2.22. The van der Waals surface area contributed by atoms with Gasteiger partial charge in [-0.2, -0.15) is 5.10 Å². The van der Waals surface area contributed by atoms with E-state index in [4.69, 9.17) is 14.2 Å². The van der Waals surface area contributed by atoms with Crippen LogP contribution in [0.3, 0.4) is 0 Å². The third-order valence-electron chi connectivity index (χ3n) is 4.40. The van der Waals surface area contributed by atoms with E-state index in [1.165, 1.54) is 6.92 Å². The molecule has 1 N–H and O–H groups in total. The molecular formula is C22H23N3O5. The number of anilines is 1. The van der Waals surface area contributed by atoms with Crippen LogP contribution in [0.15, 0.2) is 54.7 Å². The highest BCUT2D eigenvalue weighted by molar-refractivity contribution is 5.94. The zero-order valence-electron chi connectivity index (χ0n) is 17.0. The number of nitrogens with one attached hydrogen (secondary N) is 1. The maximum atomic E-state index is 12.3. The Hall–Kier alpha value is -3.81. The Labute approximate surface area is 174 Å². The predicted octanol–water partition coefficient (Wildman–Crippen LogP) is 3.17. The Balaban J connectivity index is 1.65. The van der Waals surface area contributed by atoms with Gasteiger partial charge >= 0.3 is 0 Å². The van der Waals surface area contributed by atoms with Gasteiger partial charge in [0.05, 0.1) is 27.0 Å². The number of nitrogens with zero attached hydrogens (tertiary/aromatic N) is 2. The third-order valence-corrected chi connectivity index (χ3v) is 4.40. The lowest BCUT2D eigenvalue weighted by Gasteiger charge is -2.14. The van der Waals surface area contributed by atoms with Crippen LogP contribution in [0.4, 0.5) is 5.82 Å². The van der Waals surface area contributed by atoms with Crippen LogP contribution in [0.2, 0.25) is 0 Å². The largest absolute Gasteiger partial charge is 0.493 e. The molecular weight excluding hydrogens is 386 g/mol. The van der Waals surface area contributed by atoms with Crippen molar-refractivity contribution in [1.82, 2.24) is 9.78 Å². The fraction of sp³-hybridized carbons (Fsp3) is 0.227. The minimum Gasteiger partial charge on any atom is -0.493 e. The summed E-state index contributed by atoms with van der Waals surface area (Å²) in [5, 5.41) is 7.05. The van der Waals surface area contributed by atoms with Gasteiger partial charge in [-0.1, -0.05) is 24.3 Å². The maximum Gasteiger partial charge on any atom is 0.263 e. The minimum atomic E-state index is -0.345. The first kappa shape index (κ1) is 20.9. The summed E-state index contributed by atoms with van der Waals surface area (Å²) in [5.41, 5.74) is 1.38. The maximum absolute atomic E-state index is 12.3. The van der Waals surface area contributed by atoms with E-state index in [0.29, 0.717) is 35.2 Å². The molecule has 0 aliphatic carbocycles. The van der Waals surface area contributed by atoms with E-state index in [0.717, 1.165) is 5.56 Å². The number of Topliss-reactive ketones (excluding diaryl/α,β-unsaturated/α-hetero) is 1. The molecule has 0 saturated heterocycles. The molecule has 0 bridgehead atoms. The van der Waals surface area contributed by atoms with Crippen molar-refractivity contribution in [1.29, 1.82) is 0 Å². The Bertz CT molecular complexity index is 1040. The lowest BCUT2D eigenvalue weighted by molar-refractivity contribution is -0.118. The number of rotatable bonds is 9. The summed E-state index contributed by atoms with van der Waals surface area (Å²) in [6.07, 6.45) is 1.60. The SMILES string of the molecule is COc1cccc(Cn2nccc2NC(=O)COc2cccc(C(C)=O)c2)c1OC. The molecule has 0 aliphatic rings. The van der Waals surface area contributed by atoms with Crippen molar-refractivity contribution in [3.05, 3.63) is 65.9 Å². The van der Waals surface area contributed by atoms with Crippen LogP contribution >= 0.6 is 0 Å². The Morgan fingerprint density at radius 3 is 2.60 bits per heavy atom. The molecule has 8 nitrogen and oxygen atoms in total. The van der Waals surface area contributed by atoms with Crippen molar-refractivity contribution in [2.24, 2.45) is 0 Å². The number of carbonyl (C=O) groups is 2. The Morgan fingerprint density at radius 1 is 1.07 bits per heavy atom. The number of amides is 1. The minimum absolute atomic E-state index is 0.0678. The van der Waals surface area contributed by atoms with Gasteiger partial charge in [0.25, 0.3) is 5.91 Å². The first-order valence-corrected chi connectivity index (χ1v) is 9.27. The van der Waals surface area contributed by atoms with E-state index in [-0.39, 0.29) is 18.3 Å². The molecule has 30 heavy (non-hydrogen) atoms. The first-order chi connectivity index (χ1) is 14.5. The summed E-state index contributed by atoms with van der Waals surface area (Å²) in [7, 11) is 3.15. The van der Waals surface area contributed by atoms with Gasteiger partial charge in [0.1, 0.15) is 11.6 Å². The number of benzene rings is 2. The summed E-state index contributed by atoms with van der Waals surface area (Å²) in [6.45, 7) is 1.66. The number of hydrogen-bond acceptors (Lipinski definition) is 6. The highest BCUT2D eigenvalue weighted by atomic mass is 16.5. The van der Waals surface area contributed by atoms with Crippen molar-refractivity contribution in [3.8, 4) is 17.2 Å². The van der Waals surface area contributed by atoms with Gasteiger partial charge in [0.2, 0.25) is 0 Å². The highest BCUT2D eigenvalue weighted by Crippen LogP contribution is 2.31. The summed E-state index contributed by atoms with van der Waals surface area (Å²) < 4.78 is 17.9. The van der Waals surface area contributed by atoms with E-state index in [1.54, 1.807) is 55.4 Å².